The van der Waals surface area contributed by atoms with E-state index in [2.05, 4.69) is 19.8 Å². The highest BCUT2D eigenvalue weighted by Crippen LogP contribution is 2.26. The van der Waals surface area contributed by atoms with E-state index in [9.17, 15) is 26.4 Å². The Morgan fingerprint density at radius 1 is 0.518 bits per heavy atom. The molecular weight excluding hydrogens is 761 g/mol. The molecule has 0 heterocycles. The fraction of sp³-hybridized carbons (Fsp3) is 0.300. The number of hydrogen-bond acceptors (Lipinski definition) is 12. The second kappa shape index (κ2) is 18.7. The number of rotatable bonds is 12. The van der Waals surface area contributed by atoms with E-state index in [1.165, 1.54) is 62.8 Å². The Morgan fingerprint density at radius 3 is 1.11 bits per heavy atom. The second-order valence-corrected chi connectivity index (χ2v) is 17.6. The first-order valence-electron chi connectivity index (χ1n) is 17.1. The van der Waals surface area contributed by atoms with E-state index >= 15 is 0 Å². The van der Waals surface area contributed by atoms with Gasteiger partial charge in [0.25, 0.3) is 20.0 Å². The number of benzene rings is 4. The van der Waals surface area contributed by atoms with Crippen molar-refractivity contribution >= 4 is 54.8 Å². The summed E-state index contributed by atoms with van der Waals surface area (Å²) in [5.74, 6) is -0.240. The lowest BCUT2D eigenvalue weighted by atomic mass is 9.97. The number of carbonyl (C=O) groups excluding carboxylic acids is 2. The number of oxime groups is 2. The molecule has 0 radical (unpaired) electrons. The number of esters is 2. The predicted octanol–water partition coefficient (Wildman–Crippen LogP) is 7.62. The molecule has 0 bridgehead atoms. The first-order chi connectivity index (χ1) is 26.1. The lowest BCUT2D eigenvalue weighted by Gasteiger charge is -2.16. The topological polar surface area (TPSA) is 188 Å². The molecule has 0 spiro atoms. The number of nitrogens with one attached hydrogen (secondary N) is 2. The van der Waals surface area contributed by atoms with Crippen LogP contribution in [-0.4, -0.2) is 54.4 Å². The van der Waals surface area contributed by atoms with Crippen LogP contribution in [0.25, 0.3) is 0 Å². The van der Waals surface area contributed by atoms with Crippen LogP contribution in [0.4, 0.5) is 11.4 Å². The summed E-state index contributed by atoms with van der Waals surface area (Å²) in [6, 6.07) is 25.1. The van der Waals surface area contributed by atoms with Gasteiger partial charge in [-0.05, 0) is 116 Å². The zero-order valence-corrected chi connectivity index (χ0v) is 34.7. The Bertz CT molecular complexity index is 2110. The highest BCUT2D eigenvalue weighted by Gasteiger charge is 2.25. The molecule has 0 aliphatic heterocycles. The number of para-hydroxylation sites is 2. The lowest BCUT2D eigenvalue weighted by Crippen LogP contribution is -2.25. The molecule has 0 unspecified atom stereocenters. The van der Waals surface area contributed by atoms with Gasteiger partial charge in [-0.3, -0.25) is 19.0 Å². The average Bonchev–Trinajstić information content (AvgIpc) is 3.12. The summed E-state index contributed by atoms with van der Waals surface area (Å²) in [5.41, 5.74) is 1.71. The number of anilines is 2. The number of sulfonamides is 2. The van der Waals surface area contributed by atoms with Crippen molar-refractivity contribution in [1.29, 1.82) is 0 Å². The summed E-state index contributed by atoms with van der Waals surface area (Å²) in [6.45, 7) is 13.9. The fourth-order valence-electron chi connectivity index (χ4n) is 4.45. The Balaban J connectivity index is 0.000000300. The minimum Gasteiger partial charge on any atom is -0.426 e. The van der Waals surface area contributed by atoms with Gasteiger partial charge in [0.15, 0.2) is 0 Å². The first-order valence-corrected chi connectivity index (χ1v) is 20.1. The van der Waals surface area contributed by atoms with Crippen molar-refractivity contribution in [2.75, 3.05) is 23.7 Å². The van der Waals surface area contributed by atoms with Crippen LogP contribution in [0.2, 0.25) is 0 Å². The van der Waals surface area contributed by atoms with Gasteiger partial charge in [-0.25, -0.2) is 16.8 Å². The third kappa shape index (κ3) is 12.7. The molecule has 0 fully saturated rings. The quantitative estimate of drug-likeness (QED) is 0.0624. The van der Waals surface area contributed by atoms with Gasteiger partial charge in [0, 0.05) is 11.1 Å². The maximum absolute atomic E-state index is 12.7. The van der Waals surface area contributed by atoms with Gasteiger partial charge in [-0.2, -0.15) is 0 Å². The van der Waals surface area contributed by atoms with Crippen molar-refractivity contribution in [3.8, 4) is 11.5 Å². The lowest BCUT2D eigenvalue weighted by molar-refractivity contribution is -0.143. The second-order valence-electron chi connectivity index (χ2n) is 14.2. The summed E-state index contributed by atoms with van der Waals surface area (Å²) in [5, 5.41) is 7.70. The zero-order chi connectivity index (χ0) is 41.9. The number of carbonyl (C=O) groups is 2. The number of hydrogen-bond donors (Lipinski definition) is 2. The van der Waals surface area contributed by atoms with Crippen LogP contribution in [0.5, 0.6) is 11.5 Å². The summed E-state index contributed by atoms with van der Waals surface area (Å²) >= 11 is 0. The maximum Gasteiger partial charge on any atom is 0.316 e. The van der Waals surface area contributed by atoms with E-state index in [1.54, 1.807) is 104 Å². The molecule has 4 rings (SSSR count). The Labute approximate surface area is 329 Å². The van der Waals surface area contributed by atoms with E-state index in [-0.39, 0.29) is 21.3 Å². The van der Waals surface area contributed by atoms with E-state index in [1.807, 2.05) is 0 Å². The molecule has 0 atom stereocenters. The van der Waals surface area contributed by atoms with Crippen LogP contribution in [-0.2, 0) is 39.3 Å². The van der Waals surface area contributed by atoms with E-state index in [0.717, 1.165) is 0 Å². The molecule has 0 aliphatic carbocycles. The number of ether oxygens (including phenoxy) is 2. The standard InChI is InChI=1S/2C20H24N2O5S/c2*1-14(21-26-5)17-8-6-7-9-18(17)22-28(24,25)16-12-10-15(11-13-16)27-19(23)20(2,3)4/h2*6-13,22H,1-5H3/b21-14+;21-14-. The van der Waals surface area contributed by atoms with Crippen molar-refractivity contribution in [3.63, 3.8) is 0 Å². The summed E-state index contributed by atoms with van der Waals surface area (Å²) in [6.07, 6.45) is 0. The summed E-state index contributed by atoms with van der Waals surface area (Å²) in [4.78, 5) is 33.5. The van der Waals surface area contributed by atoms with Crippen molar-refractivity contribution < 1.29 is 45.6 Å². The van der Waals surface area contributed by atoms with Crippen LogP contribution < -0.4 is 18.9 Å². The molecule has 4 aromatic carbocycles. The highest BCUT2D eigenvalue weighted by atomic mass is 32.2. The average molecular weight is 809 g/mol. The van der Waals surface area contributed by atoms with Gasteiger partial charge >= 0.3 is 11.9 Å². The molecule has 300 valence electrons. The molecular formula is C40H48N4O10S2. The molecule has 0 saturated heterocycles. The normalized spacial score (nSPS) is 12.4. The predicted molar refractivity (Wildman–Crippen MR) is 216 cm³/mol. The van der Waals surface area contributed by atoms with E-state index in [4.69, 9.17) is 19.1 Å². The van der Waals surface area contributed by atoms with Gasteiger partial charge in [-0.15, -0.1) is 0 Å². The van der Waals surface area contributed by atoms with Crippen LogP contribution >= 0.6 is 0 Å². The highest BCUT2D eigenvalue weighted by molar-refractivity contribution is 7.93. The Hall–Kier alpha value is -5.74. The minimum absolute atomic E-state index is 0.0409. The van der Waals surface area contributed by atoms with Crippen molar-refractivity contribution in [2.45, 2.75) is 65.2 Å². The smallest absolute Gasteiger partial charge is 0.316 e. The van der Waals surface area contributed by atoms with Gasteiger partial charge in [0.2, 0.25) is 0 Å². The molecule has 0 aliphatic rings. The molecule has 0 amide bonds. The molecule has 56 heavy (non-hydrogen) atoms. The minimum atomic E-state index is -3.84. The van der Waals surface area contributed by atoms with E-state index < -0.39 is 42.8 Å². The van der Waals surface area contributed by atoms with Crippen LogP contribution in [0.3, 0.4) is 0 Å². The molecule has 2 N–H and O–H groups in total. The van der Waals surface area contributed by atoms with Crippen LogP contribution in [0, 0.1) is 10.8 Å². The Kier molecular flexibility index (Phi) is 14.9. The molecule has 14 nitrogen and oxygen atoms in total. The van der Waals surface area contributed by atoms with Gasteiger partial charge in [0.05, 0.1) is 43.4 Å². The van der Waals surface area contributed by atoms with Crippen LogP contribution in [0.1, 0.15) is 66.5 Å². The molecule has 16 heteroatoms. The van der Waals surface area contributed by atoms with Crippen molar-refractivity contribution in [1.82, 2.24) is 0 Å². The third-order valence-corrected chi connectivity index (χ3v) is 10.3. The zero-order valence-electron chi connectivity index (χ0n) is 33.0. The van der Waals surface area contributed by atoms with Crippen molar-refractivity contribution in [2.24, 2.45) is 21.1 Å². The van der Waals surface area contributed by atoms with E-state index in [0.29, 0.717) is 33.9 Å². The largest absolute Gasteiger partial charge is 0.426 e. The molecule has 0 aromatic heterocycles. The third-order valence-electron chi connectivity index (χ3n) is 7.49. The van der Waals surface area contributed by atoms with Gasteiger partial charge < -0.3 is 19.1 Å². The number of nitrogens with zero attached hydrogens (tertiary/aromatic N) is 2. The Morgan fingerprint density at radius 2 is 0.821 bits per heavy atom. The van der Waals surface area contributed by atoms with Gasteiger partial charge in [-0.1, -0.05) is 46.7 Å². The van der Waals surface area contributed by atoms with Gasteiger partial charge in [0.1, 0.15) is 25.7 Å². The monoisotopic (exact) mass is 808 g/mol. The van der Waals surface area contributed by atoms with Crippen LogP contribution in [0.15, 0.2) is 117 Å². The summed E-state index contributed by atoms with van der Waals surface area (Å²) < 4.78 is 66.6. The maximum atomic E-state index is 12.7. The SMILES string of the molecule is CO/N=C(/C)c1ccccc1NS(=O)(=O)c1ccc(OC(=O)C(C)(C)C)cc1.CO/N=C(\C)c1ccccc1NS(=O)(=O)c1ccc(OC(=O)C(C)(C)C)cc1. The first kappa shape index (κ1) is 44.7. The van der Waals surface area contributed by atoms with Crippen molar-refractivity contribution in [3.05, 3.63) is 108 Å². The summed E-state index contributed by atoms with van der Waals surface area (Å²) in [7, 11) is -4.85. The molecule has 0 saturated carbocycles. The fourth-order valence-corrected chi connectivity index (χ4v) is 6.61. The molecule has 4 aromatic rings.